The molecule has 0 aromatic heterocycles. The van der Waals surface area contributed by atoms with Gasteiger partial charge in [-0.15, -0.1) is 0 Å². The number of amides is 2. The van der Waals surface area contributed by atoms with Crippen molar-refractivity contribution < 1.29 is 23.8 Å². The predicted octanol–water partition coefficient (Wildman–Crippen LogP) is 1.29. The first kappa shape index (κ1) is 20.3. The highest BCUT2D eigenvalue weighted by Gasteiger charge is 2.29. The van der Waals surface area contributed by atoms with E-state index in [1.165, 1.54) is 24.3 Å². The molecule has 2 rings (SSSR count). The van der Waals surface area contributed by atoms with Gasteiger partial charge < -0.3 is 20.1 Å². The molecule has 0 radical (unpaired) electrons. The fourth-order valence-corrected chi connectivity index (χ4v) is 2.88. The predicted molar refractivity (Wildman–Crippen MR) is 95.0 cm³/mol. The van der Waals surface area contributed by atoms with E-state index in [0.717, 1.165) is 0 Å². The lowest BCUT2D eigenvalue weighted by Gasteiger charge is -2.29. The van der Waals surface area contributed by atoms with E-state index in [1.54, 1.807) is 4.90 Å². The highest BCUT2D eigenvalue weighted by molar-refractivity contribution is 5.90. The quantitative estimate of drug-likeness (QED) is 0.762. The van der Waals surface area contributed by atoms with Crippen molar-refractivity contribution in [1.82, 2.24) is 10.2 Å². The van der Waals surface area contributed by atoms with Crippen LogP contribution in [-0.2, 0) is 14.3 Å². The minimum atomic E-state index is -0.737. The summed E-state index contributed by atoms with van der Waals surface area (Å²) in [5, 5.41) is 12.3. The zero-order valence-electron chi connectivity index (χ0n) is 15.3. The van der Waals surface area contributed by atoms with E-state index in [9.17, 15) is 19.1 Å². The average Bonchev–Trinajstić information content (AvgIpc) is 2.65. The lowest BCUT2D eigenvalue weighted by atomic mass is 9.93. The van der Waals surface area contributed by atoms with Crippen LogP contribution in [0, 0.1) is 11.7 Å². The molecule has 1 aliphatic rings. The van der Waals surface area contributed by atoms with Crippen LogP contribution in [0.3, 0.4) is 0 Å². The maximum Gasteiger partial charge on any atom is 0.228 e. The van der Waals surface area contributed by atoms with E-state index >= 15 is 0 Å². The first-order chi connectivity index (χ1) is 12.4. The summed E-state index contributed by atoms with van der Waals surface area (Å²) >= 11 is 0. The van der Waals surface area contributed by atoms with Crippen molar-refractivity contribution in [2.24, 2.45) is 5.92 Å². The van der Waals surface area contributed by atoms with Gasteiger partial charge in [0.15, 0.2) is 0 Å². The summed E-state index contributed by atoms with van der Waals surface area (Å²) in [5.41, 5.74) is 0.575. The first-order valence-corrected chi connectivity index (χ1v) is 8.94. The summed E-state index contributed by atoms with van der Waals surface area (Å²) in [6.07, 6.45) is -0.00624. The third kappa shape index (κ3) is 5.51. The Morgan fingerprint density at radius 3 is 2.38 bits per heavy atom. The van der Waals surface area contributed by atoms with Gasteiger partial charge in [-0.05, 0) is 23.6 Å². The molecule has 1 fully saturated rings. The molecule has 1 aromatic carbocycles. The highest BCUT2D eigenvalue weighted by atomic mass is 19.1. The molecule has 144 valence electrons. The van der Waals surface area contributed by atoms with Crippen molar-refractivity contribution in [3.05, 3.63) is 35.6 Å². The van der Waals surface area contributed by atoms with E-state index in [4.69, 9.17) is 4.74 Å². The van der Waals surface area contributed by atoms with E-state index < -0.39 is 17.8 Å². The van der Waals surface area contributed by atoms with Crippen molar-refractivity contribution in [2.75, 3.05) is 32.9 Å². The molecule has 2 amide bonds. The minimum Gasteiger partial charge on any atom is -0.394 e. The molecule has 0 aliphatic carbocycles. The molecule has 6 nitrogen and oxygen atoms in total. The van der Waals surface area contributed by atoms with Gasteiger partial charge in [0, 0.05) is 19.5 Å². The Labute approximate surface area is 153 Å². The van der Waals surface area contributed by atoms with Crippen LogP contribution in [0.5, 0.6) is 0 Å². The zero-order chi connectivity index (χ0) is 19.1. The molecule has 0 unspecified atom stereocenters. The molecule has 1 saturated heterocycles. The van der Waals surface area contributed by atoms with Crippen LogP contribution in [0.15, 0.2) is 24.3 Å². The Balaban J connectivity index is 2.16. The number of aliphatic hydroxyl groups excluding tert-OH is 1. The first-order valence-electron chi connectivity index (χ1n) is 8.94. The Kier molecular flexibility index (Phi) is 7.53. The SMILES string of the molecule is CC(C)[C@@H](CO)NC(=O)[C@@H](CC(=O)N1CCOCC1)c1ccc(F)cc1. The number of carbonyl (C=O) groups is 2. The third-order valence-corrected chi connectivity index (χ3v) is 4.66. The number of morpholine rings is 1. The maximum atomic E-state index is 13.3. The molecule has 2 N–H and O–H groups in total. The number of nitrogens with zero attached hydrogens (tertiary/aromatic N) is 1. The Morgan fingerprint density at radius 2 is 1.85 bits per heavy atom. The van der Waals surface area contributed by atoms with E-state index in [0.29, 0.717) is 31.9 Å². The summed E-state index contributed by atoms with van der Waals surface area (Å²) in [7, 11) is 0. The number of nitrogens with one attached hydrogen (secondary N) is 1. The number of halogens is 1. The average molecular weight is 366 g/mol. The van der Waals surface area contributed by atoms with Crippen LogP contribution < -0.4 is 5.32 Å². The van der Waals surface area contributed by atoms with Gasteiger partial charge in [0.25, 0.3) is 0 Å². The van der Waals surface area contributed by atoms with Crippen molar-refractivity contribution in [1.29, 1.82) is 0 Å². The minimum absolute atomic E-state index is 0.00624. The fraction of sp³-hybridized carbons (Fsp3) is 0.579. The molecule has 26 heavy (non-hydrogen) atoms. The number of aliphatic hydroxyl groups is 1. The van der Waals surface area contributed by atoms with Crippen LogP contribution >= 0.6 is 0 Å². The largest absolute Gasteiger partial charge is 0.394 e. The van der Waals surface area contributed by atoms with E-state index in [1.807, 2.05) is 13.8 Å². The van der Waals surface area contributed by atoms with Gasteiger partial charge in [0.1, 0.15) is 5.82 Å². The number of hydrogen-bond donors (Lipinski definition) is 2. The normalized spacial score (nSPS) is 17.0. The van der Waals surface area contributed by atoms with E-state index in [2.05, 4.69) is 5.32 Å². The van der Waals surface area contributed by atoms with Crippen molar-refractivity contribution in [3.63, 3.8) is 0 Å². The lowest BCUT2D eigenvalue weighted by Crippen LogP contribution is -2.45. The lowest BCUT2D eigenvalue weighted by molar-refractivity contribution is -0.138. The number of carbonyl (C=O) groups excluding carboxylic acids is 2. The monoisotopic (exact) mass is 366 g/mol. The molecule has 0 bridgehead atoms. The Morgan fingerprint density at radius 1 is 1.23 bits per heavy atom. The van der Waals surface area contributed by atoms with Gasteiger partial charge in [-0.2, -0.15) is 0 Å². The van der Waals surface area contributed by atoms with Crippen LogP contribution in [0.25, 0.3) is 0 Å². The topological polar surface area (TPSA) is 78.9 Å². The summed E-state index contributed by atoms with van der Waals surface area (Å²) in [6, 6.07) is 5.20. The molecule has 0 spiro atoms. The molecule has 7 heteroatoms. The summed E-state index contributed by atoms with van der Waals surface area (Å²) < 4.78 is 18.5. The van der Waals surface area contributed by atoms with E-state index in [-0.39, 0.29) is 30.8 Å². The van der Waals surface area contributed by atoms with Gasteiger partial charge in [0.2, 0.25) is 11.8 Å². The van der Waals surface area contributed by atoms with Crippen LogP contribution in [0.2, 0.25) is 0 Å². The second kappa shape index (κ2) is 9.64. The van der Waals surface area contributed by atoms with Crippen LogP contribution in [0.1, 0.15) is 31.7 Å². The third-order valence-electron chi connectivity index (χ3n) is 4.66. The van der Waals surface area contributed by atoms with Gasteiger partial charge in [0.05, 0.1) is 31.8 Å². The van der Waals surface area contributed by atoms with Crippen molar-refractivity contribution in [3.8, 4) is 0 Å². The number of benzene rings is 1. The van der Waals surface area contributed by atoms with Gasteiger partial charge >= 0.3 is 0 Å². The maximum absolute atomic E-state index is 13.3. The summed E-state index contributed by atoms with van der Waals surface area (Å²) in [6.45, 7) is 5.58. The number of hydrogen-bond acceptors (Lipinski definition) is 4. The molecular formula is C19H27FN2O4. The molecular weight excluding hydrogens is 339 g/mol. The Bertz CT molecular complexity index is 600. The van der Waals surface area contributed by atoms with Gasteiger partial charge in [-0.1, -0.05) is 26.0 Å². The van der Waals surface area contributed by atoms with Gasteiger partial charge in [-0.3, -0.25) is 9.59 Å². The second-order valence-electron chi connectivity index (χ2n) is 6.84. The fourth-order valence-electron chi connectivity index (χ4n) is 2.88. The zero-order valence-corrected chi connectivity index (χ0v) is 15.3. The number of ether oxygens (including phenoxy) is 1. The molecule has 2 atom stereocenters. The van der Waals surface area contributed by atoms with Crippen LogP contribution in [0.4, 0.5) is 4.39 Å². The molecule has 1 aliphatic heterocycles. The standard InChI is InChI=1S/C19H27FN2O4/c1-13(2)17(12-23)21-19(25)16(14-3-5-15(20)6-4-14)11-18(24)22-7-9-26-10-8-22/h3-6,13,16-17,23H,7-12H2,1-2H3,(H,21,25)/t16-,17+/m0/s1. The number of rotatable bonds is 7. The van der Waals surface area contributed by atoms with Crippen molar-refractivity contribution >= 4 is 11.8 Å². The van der Waals surface area contributed by atoms with Gasteiger partial charge in [-0.25, -0.2) is 4.39 Å². The molecule has 1 heterocycles. The van der Waals surface area contributed by atoms with Crippen molar-refractivity contribution in [2.45, 2.75) is 32.2 Å². The smallest absolute Gasteiger partial charge is 0.228 e. The molecule has 0 saturated carbocycles. The second-order valence-corrected chi connectivity index (χ2v) is 6.84. The summed E-state index contributed by atoms with van der Waals surface area (Å²) in [5.74, 6) is -1.57. The Hall–Kier alpha value is -1.99. The highest BCUT2D eigenvalue weighted by Crippen LogP contribution is 2.23. The van der Waals surface area contributed by atoms with Crippen LogP contribution in [-0.4, -0.2) is 60.8 Å². The molecule has 1 aromatic rings. The summed E-state index contributed by atoms with van der Waals surface area (Å²) in [4.78, 5) is 27.1.